The second-order valence-corrected chi connectivity index (χ2v) is 12.7. The number of amides is 1. The first-order chi connectivity index (χ1) is 17.4. The van der Waals surface area contributed by atoms with Gasteiger partial charge in [0.25, 0.3) is 0 Å². The van der Waals surface area contributed by atoms with Gasteiger partial charge < -0.3 is 5.32 Å². The number of nitrogens with one attached hydrogen (secondary N) is 1. The van der Waals surface area contributed by atoms with Gasteiger partial charge in [-0.1, -0.05) is 59.3 Å². The molecule has 4 aliphatic rings. The molecule has 2 aromatic carbocycles. The Morgan fingerprint density at radius 1 is 1.06 bits per heavy atom. The maximum atomic E-state index is 13.6. The lowest BCUT2D eigenvalue weighted by atomic mass is 9.49. The number of halogens is 1. The van der Waals surface area contributed by atoms with Gasteiger partial charge in [0, 0.05) is 16.2 Å². The zero-order valence-electron chi connectivity index (χ0n) is 21.0. The van der Waals surface area contributed by atoms with Gasteiger partial charge in [-0.05, 0) is 93.4 Å². The van der Waals surface area contributed by atoms with E-state index in [2.05, 4.69) is 58.2 Å². The Hall–Kier alpha value is -2.31. The van der Waals surface area contributed by atoms with Gasteiger partial charge in [-0.15, -0.1) is 10.2 Å². The third kappa shape index (κ3) is 4.58. The number of hydrogen-bond acceptors (Lipinski definition) is 4. The van der Waals surface area contributed by atoms with Crippen molar-refractivity contribution in [1.29, 1.82) is 0 Å². The highest BCUT2D eigenvalue weighted by molar-refractivity contribution is 7.98. The van der Waals surface area contributed by atoms with E-state index in [-0.39, 0.29) is 11.3 Å². The number of nitrogens with zero attached hydrogens (tertiary/aromatic N) is 3. The molecule has 1 N–H and O–H groups in total. The van der Waals surface area contributed by atoms with Crippen molar-refractivity contribution in [1.82, 2.24) is 20.1 Å². The van der Waals surface area contributed by atoms with Gasteiger partial charge in [0.05, 0.1) is 12.2 Å². The van der Waals surface area contributed by atoms with E-state index in [0.29, 0.717) is 11.6 Å². The molecule has 1 aromatic heterocycles. The first-order valence-electron chi connectivity index (χ1n) is 13.1. The van der Waals surface area contributed by atoms with Crippen molar-refractivity contribution >= 4 is 29.3 Å². The predicted molar refractivity (Wildman–Crippen MR) is 144 cm³/mol. The summed E-state index contributed by atoms with van der Waals surface area (Å²) >= 11 is 8.06. The zero-order valence-corrected chi connectivity index (χ0v) is 22.5. The summed E-state index contributed by atoms with van der Waals surface area (Å²) in [5, 5.41) is 13.9. The second kappa shape index (κ2) is 9.53. The number of aromatic nitrogens is 3. The molecule has 0 radical (unpaired) electrons. The Kier molecular flexibility index (Phi) is 6.37. The number of aryl methyl sites for hydroxylation is 2. The van der Waals surface area contributed by atoms with Crippen molar-refractivity contribution in [2.75, 3.05) is 0 Å². The number of benzene rings is 2. The van der Waals surface area contributed by atoms with Gasteiger partial charge in [-0.2, -0.15) is 0 Å². The molecule has 4 saturated carbocycles. The highest BCUT2D eigenvalue weighted by atomic mass is 35.5. The molecular weight excluding hydrogens is 488 g/mol. The normalized spacial score (nSPS) is 26.4. The fraction of sp³-hybridized carbons (Fsp3) is 0.483. The number of thioether (sulfide) groups is 1. The van der Waals surface area contributed by atoms with Crippen LogP contribution in [0.3, 0.4) is 0 Å². The van der Waals surface area contributed by atoms with Gasteiger partial charge in [-0.25, -0.2) is 0 Å². The van der Waals surface area contributed by atoms with Crippen molar-refractivity contribution < 1.29 is 4.79 Å². The van der Waals surface area contributed by atoms with E-state index < -0.39 is 0 Å². The lowest BCUT2D eigenvalue weighted by Crippen LogP contribution is -2.53. The summed E-state index contributed by atoms with van der Waals surface area (Å²) in [7, 11) is 0. The Morgan fingerprint density at radius 3 is 2.47 bits per heavy atom. The topological polar surface area (TPSA) is 59.8 Å². The molecule has 4 aliphatic carbocycles. The Balaban J connectivity index is 1.25. The van der Waals surface area contributed by atoms with E-state index in [0.717, 1.165) is 65.0 Å². The van der Waals surface area contributed by atoms with Crippen LogP contribution in [0.2, 0.25) is 5.02 Å². The average Bonchev–Trinajstić information content (AvgIpc) is 3.24. The molecule has 4 bridgehead atoms. The van der Waals surface area contributed by atoms with Crippen LogP contribution in [0.1, 0.15) is 61.0 Å². The third-order valence-corrected chi connectivity index (χ3v) is 9.73. The lowest BCUT2D eigenvalue weighted by Gasteiger charge is -2.55. The summed E-state index contributed by atoms with van der Waals surface area (Å²) < 4.78 is 2.07. The molecule has 0 aliphatic heterocycles. The van der Waals surface area contributed by atoms with E-state index in [1.165, 1.54) is 30.4 Å². The van der Waals surface area contributed by atoms with Crippen molar-refractivity contribution in [3.63, 3.8) is 0 Å². The SMILES string of the molecule is Cc1cccc(CSc2nnc(CNC(=O)C34CC5CC(CC(C5)C3)C4)n2-c2cc(Cl)ccc2C)c1. The van der Waals surface area contributed by atoms with E-state index >= 15 is 0 Å². The van der Waals surface area contributed by atoms with Crippen LogP contribution >= 0.6 is 23.4 Å². The zero-order chi connectivity index (χ0) is 24.9. The minimum Gasteiger partial charge on any atom is -0.348 e. The molecule has 7 rings (SSSR count). The Labute approximate surface area is 222 Å². The molecule has 36 heavy (non-hydrogen) atoms. The number of carbonyl (C=O) groups excluding carboxylic acids is 1. The van der Waals surface area contributed by atoms with Crippen LogP contribution in [0.25, 0.3) is 5.69 Å². The fourth-order valence-electron chi connectivity index (χ4n) is 7.26. The highest BCUT2D eigenvalue weighted by Gasteiger charge is 2.54. The molecule has 7 heteroatoms. The van der Waals surface area contributed by atoms with Crippen LogP contribution in [-0.2, 0) is 17.1 Å². The van der Waals surface area contributed by atoms with Crippen LogP contribution in [0.15, 0.2) is 47.6 Å². The quantitative estimate of drug-likeness (QED) is 0.354. The van der Waals surface area contributed by atoms with E-state index in [1.807, 2.05) is 18.2 Å². The highest BCUT2D eigenvalue weighted by Crippen LogP contribution is 2.60. The number of rotatable bonds is 7. The maximum Gasteiger partial charge on any atom is 0.226 e. The lowest BCUT2D eigenvalue weighted by molar-refractivity contribution is -0.146. The van der Waals surface area contributed by atoms with Gasteiger partial charge in [0.2, 0.25) is 5.91 Å². The minimum atomic E-state index is -0.172. The van der Waals surface area contributed by atoms with E-state index in [1.54, 1.807) is 11.8 Å². The molecule has 4 fully saturated rings. The second-order valence-electron chi connectivity index (χ2n) is 11.3. The van der Waals surface area contributed by atoms with Gasteiger partial charge in [0.1, 0.15) is 0 Å². The molecule has 3 aromatic rings. The van der Waals surface area contributed by atoms with E-state index in [4.69, 9.17) is 11.6 Å². The molecule has 5 nitrogen and oxygen atoms in total. The van der Waals surface area contributed by atoms with Crippen molar-refractivity contribution in [3.8, 4) is 5.69 Å². The summed E-state index contributed by atoms with van der Waals surface area (Å²) in [6, 6.07) is 14.4. The molecule has 0 unspecified atom stereocenters. The molecular formula is C29H33ClN4OS. The molecule has 0 saturated heterocycles. The van der Waals surface area contributed by atoms with Crippen LogP contribution in [-0.4, -0.2) is 20.7 Å². The fourth-order valence-corrected chi connectivity index (χ4v) is 8.33. The van der Waals surface area contributed by atoms with Gasteiger partial charge >= 0.3 is 0 Å². The van der Waals surface area contributed by atoms with Crippen molar-refractivity contribution in [3.05, 3.63) is 70.0 Å². The summed E-state index contributed by atoms with van der Waals surface area (Å²) in [6.07, 6.45) is 7.16. The van der Waals surface area contributed by atoms with Crippen molar-refractivity contribution in [2.45, 2.75) is 69.8 Å². The van der Waals surface area contributed by atoms with Crippen LogP contribution < -0.4 is 5.32 Å². The van der Waals surface area contributed by atoms with Gasteiger partial charge in [0.15, 0.2) is 11.0 Å². The average molecular weight is 521 g/mol. The summed E-state index contributed by atoms with van der Waals surface area (Å²) in [5.41, 5.74) is 4.36. The third-order valence-electron chi connectivity index (χ3n) is 8.49. The van der Waals surface area contributed by atoms with Crippen molar-refractivity contribution in [2.24, 2.45) is 23.2 Å². The number of hydrogen-bond donors (Lipinski definition) is 1. The molecule has 188 valence electrons. The predicted octanol–water partition coefficient (Wildman–Crippen LogP) is 6.66. The standard InChI is InChI=1S/C29H33ClN4OS/c1-18-4-3-5-20(8-18)17-36-28-33-32-26(34(28)25-12-24(30)7-6-19(25)2)16-31-27(35)29-13-21-9-22(14-29)11-23(10-21)15-29/h3-8,12,21-23H,9-11,13-17H2,1-2H3,(H,31,35). The summed E-state index contributed by atoms with van der Waals surface area (Å²) in [5.74, 6) is 3.97. The Morgan fingerprint density at radius 2 is 1.78 bits per heavy atom. The molecule has 0 atom stereocenters. The summed E-state index contributed by atoms with van der Waals surface area (Å²) in [4.78, 5) is 13.6. The first-order valence-corrected chi connectivity index (χ1v) is 14.4. The van der Waals surface area contributed by atoms with Crippen LogP contribution in [0, 0.1) is 37.0 Å². The maximum absolute atomic E-state index is 13.6. The minimum absolute atomic E-state index is 0.172. The van der Waals surface area contributed by atoms with E-state index in [9.17, 15) is 4.79 Å². The molecule has 1 amide bonds. The smallest absolute Gasteiger partial charge is 0.226 e. The Bertz CT molecular complexity index is 1270. The molecule has 1 heterocycles. The monoisotopic (exact) mass is 520 g/mol. The largest absolute Gasteiger partial charge is 0.348 e. The van der Waals surface area contributed by atoms with Crippen LogP contribution in [0.4, 0.5) is 0 Å². The van der Waals surface area contributed by atoms with Gasteiger partial charge in [-0.3, -0.25) is 9.36 Å². The molecule has 0 spiro atoms. The summed E-state index contributed by atoms with van der Waals surface area (Å²) in [6.45, 7) is 4.54. The first kappa shape index (κ1) is 24.1. The number of carbonyl (C=O) groups is 1. The van der Waals surface area contributed by atoms with Crippen LogP contribution in [0.5, 0.6) is 0 Å².